The lowest BCUT2D eigenvalue weighted by Gasteiger charge is -2.14. The molecule has 1 N–H and O–H groups in total. The molecular formula is C10H13BrFN. The number of nitrogens with one attached hydrogen (secondary N) is 1. The topological polar surface area (TPSA) is 12.0 Å². The average molecular weight is 246 g/mol. The predicted molar refractivity (Wildman–Crippen MR) is 56.2 cm³/mol. The fourth-order valence-electron chi connectivity index (χ4n) is 1.27. The maximum atomic E-state index is 12.7. The standard InChI is InChI=1S/C10H13BrFN/c1-3-13-7(2)9-5-4-8(12)6-10(9)11/h4-7,13H,3H2,1-2H3. The number of hydrogen-bond acceptors (Lipinski definition) is 1. The highest BCUT2D eigenvalue weighted by Gasteiger charge is 2.07. The van der Waals surface area contributed by atoms with Gasteiger partial charge in [0.05, 0.1) is 0 Å². The Balaban J connectivity index is 2.88. The zero-order valence-corrected chi connectivity index (χ0v) is 9.36. The summed E-state index contributed by atoms with van der Waals surface area (Å²) in [6.45, 7) is 5.01. The van der Waals surface area contributed by atoms with Gasteiger partial charge in [-0.25, -0.2) is 4.39 Å². The molecule has 0 spiro atoms. The van der Waals surface area contributed by atoms with Crippen LogP contribution in [-0.2, 0) is 0 Å². The van der Waals surface area contributed by atoms with Crippen molar-refractivity contribution in [1.82, 2.24) is 5.32 Å². The first-order chi connectivity index (χ1) is 6.15. The van der Waals surface area contributed by atoms with Crippen molar-refractivity contribution in [3.8, 4) is 0 Å². The van der Waals surface area contributed by atoms with Crippen molar-refractivity contribution in [3.05, 3.63) is 34.1 Å². The minimum atomic E-state index is -0.209. The summed E-state index contributed by atoms with van der Waals surface area (Å²) >= 11 is 3.34. The van der Waals surface area contributed by atoms with Gasteiger partial charge in [0.15, 0.2) is 0 Å². The third kappa shape index (κ3) is 2.78. The molecule has 0 aromatic heterocycles. The summed E-state index contributed by atoms with van der Waals surface area (Å²) < 4.78 is 13.6. The van der Waals surface area contributed by atoms with E-state index in [0.717, 1.165) is 16.6 Å². The molecule has 0 aliphatic heterocycles. The Hall–Kier alpha value is -0.410. The summed E-state index contributed by atoms with van der Waals surface area (Å²) in [5.74, 6) is -0.209. The molecule has 1 nitrogen and oxygen atoms in total. The van der Waals surface area contributed by atoms with E-state index in [0.29, 0.717) is 0 Å². The monoisotopic (exact) mass is 245 g/mol. The van der Waals surface area contributed by atoms with Gasteiger partial charge in [-0.05, 0) is 31.2 Å². The molecule has 1 rings (SSSR count). The van der Waals surface area contributed by atoms with Crippen LogP contribution in [0.3, 0.4) is 0 Å². The van der Waals surface area contributed by atoms with Crippen LogP contribution in [0.2, 0.25) is 0 Å². The van der Waals surface area contributed by atoms with E-state index < -0.39 is 0 Å². The van der Waals surface area contributed by atoms with Gasteiger partial charge in [-0.2, -0.15) is 0 Å². The molecule has 13 heavy (non-hydrogen) atoms. The largest absolute Gasteiger partial charge is 0.310 e. The van der Waals surface area contributed by atoms with Gasteiger partial charge >= 0.3 is 0 Å². The molecule has 3 heteroatoms. The normalized spacial score (nSPS) is 12.9. The van der Waals surface area contributed by atoms with Crippen LogP contribution in [0.4, 0.5) is 4.39 Å². The zero-order valence-electron chi connectivity index (χ0n) is 7.77. The lowest BCUT2D eigenvalue weighted by atomic mass is 10.1. The SMILES string of the molecule is CCNC(C)c1ccc(F)cc1Br. The quantitative estimate of drug-likeness (QED) is 0.863. The van der Waals surface area contributed by atoms with Crippen molar-refractivity contribution in [2.24, 2.45) is 0 Å². The third-order valence-corrected chi connectivity index (χ3v) is 2.63. The minimum Gasteiger partial charge on any atom is -0.310 e. The van der Waals surface area contributed by atoms with Crippen molar-refractivity contribution in [2.75, 3.05) is 6.54 Å². The Morgan fingerprint density at radius 1 is 1.54 bits per heavy atom. The summed E-state index contributed by atoms with van der Waals surface area (Å²) in [6.07, 6.45) is 0. The van der Waals surface area contributed by atoms with Gasteiger partial charge in [-0.15, -0.1) is 0 Å². The van der Waals surface area contributed by atoms with Crippen molar-refractivity contribution in [3.63, 3.8) is 0 Å². The maximum Gasteiger partial charge on any atom is 0.124 e. The van der Waals surface area contributed by atoms with Crippen LogP contribution in [0.5, 0.6) is 0 Å². The van der Waals surface area contributed by atoms with Gasteiger partial charge < -0.3 is 5.32 Å². The summed E-state index contributed by atoms with van der Waals surface area (Å²) in [5.41, 5.74) is 1.09. The molecule has 1 atom stereocenters. The Bertz CT molecular complexity index is 288. The summed E-state index contributed by atoms with van der Waals surface area (Å²) in [5, 5.41) is 3.27. The van der Waals surface area contributed by atoms with Gasteiger partial charge in [-0.1, -0.05) is 28.9 Å². The second-order valence-electron chi connectivity index (χ2n) is 2.95. The third-order valence-electron chi connectivity index (χ3n) is 1.94. The fourth-order valence-corrected chi connectivity index (χ4v) is 1.96. The highest BCUT2D eigenvalue weighted by Crippen LogP contribution is 2.23. The van der Waals surface area contributed by atoms with E-state index in [9.17, 15) is 4.39 Å². The van der Waals surface area contributed by atoms with Crippen LogP contribution in [0.15, 0.2) is 22.7 Å². The molecular weight excluding hydrogens is 233 g/mol. The van der Waals surface area contributed by atoms with Crippen LogP contribution >= 0.6 is 15.9 Å². The second-order valence-corrected chi connectivity index (χ2v) is 3.80. The van der Waals surface area contributed by atoms with Crippen molar-refractivity contribution >= 4 is 15.9 Å². The van der Waals surface area contributed by atoms with Gasteiger partial charge in [0.25, 0.3) is 0 Å². The molecule has 0 bridgehead atoms. The van der Waals surface area contributed by atoms with Crippen molar-refractivity contribution in [1.29, 1.82) is 0 Å². The maximum absolute atomic E-state index is 12.7. The highest BCUT2D eigenvalue weighted by atomic mass is 79.9. The Labute approximate surface area is 86.5 Å². The molecule has 0 saturated heterocycles. The van der Waals surface area contributed by atoms with Gasteiger partial charge in [0, 0.05) is 10.5 Å². The molecule has 1 unspecified atom stereocenters. The fraction of sp³-hybridized carbons (Fsp3) is 0.400. The van der Waals surface area contributed by atoms with Gasteiger partial charge in [0.2, 0.25) is 0 Å². The lowest BCUT2D eigenvalue weighted by Crippen LogP contribution is -2.18. The number of rotatable bonds is 3. The number of benzene rings is 1. The smallest absolute Gasteiger partial charge is 0.124 e. The summed E-state index contributed by atoms with van der Waals surface area (Å²) in [6, 6.07) is 5.02. The van der Waals surface area contributed by atoms with E-state index in [2.05, 4.69) is 28.2 Å². The van der Waals surface area contributed by atoms with E-state index in [1.54, 1.807) is 6.07 Å². The van der Waals surface area contributed by atoms with E-state index in [4.69, 9.17) is 0 Å². The van der Waals surface area contributed by atoms with Gasteiger partial charge in [-0.3, -0.25) is 0 Å². The molecule has 0 radical (unpaired) electrons. The average Bonchev–Trinajstić information content (AvgIpc) is 2.04. The van der Waals surface area contributed by atoms with E-state index in [-0.39, 0.29) is 11.9 Å². The van der Waals surface area contributed by atoms with E-state index in [1.807, 2.05) is 6.92 Å². The first kappa shape index (κ1) is 10.7. The molecule has 0 amide bonds. The molecule has 0 aliphatic rings. The first-order valence-corrected chi connectivity index (χ1v) is 5.12. The highest BCUT2D eigenvalue weighted by molar-refractivity contribution is 9.10. The van der Waals surface area contributed by atoms with Crippen LogP contribution in [0.25, 0.3) is 0 Å². The second kappa shape index (κ2) is 4.72. The first-order valence-electron chi connectivity index (χ1n) is 4.33. The van der Waals surface area contributed by atoms with Crippen molar-refractivity contribution < 1.29 is 4.39 Å². The van der Waals surface area contributed by atoms with Crippen LogP contribution in [-0.4, -0.2) is 6.54 Å². The lowest BCUT2D eigenvalue weighted by molar-refractivity contribution is 0.589. The van der Waals surface area contributed by atoms with E-state index in [1.165, 1.54) is 12.1 Å². The Morgan fingerprint density at radius 3 is 2.77 bits per heavy atom. The molecule has 0 saturated carbocycles. The van der Waals surface area contributed by atoms with Crippen LogP contribution in [0.1, 0.15) is 25.5 Å². The predicted octanol–water partition coefficient (Wildman–Crippen LogP) is 3.26. The molecule has 1 aromatic carbocycles. The molecule has 0 aliphatic carbocycles. The van der Waals surface area contributed by atoms with Crippen LogP contribution < -0.4 is 5.32 Å². The number of halogens is 2. The van der Waals surface area contributed by atoms with E-state index >= 15 is 0 Å². The van der Waals surface area contributed by atoms with Gasteiger partial charge in [0.1, 0.15) is 5.82 Å². The minimum absolute atomic E-state index is 0.209. The Morgan fingerprint density at radius 2 is 2.23 bits per heavy atom. The molecule has 0 fully saturated rings. The molecule has 0 heterocycles. The molecule has 72 valence electrons. The summed E-state index contributed by atoms with van der Waals surface area (Å²) in [7, 11) is 0. The zero-order chi connectivity index (χ0) is 9.84. The molecule has 1 aromatic rings. The number of hydrogen-bond donors (Lipinski definition) is 1. The van der Waals surface area contributed by atoms with Crippen LogP contribution in [0, 0.1) is 5.82 Å². The van der Waals surface area contributed by atoms with Crippen molar-refractivity contribution in [2.45, 2.75) is 19.9 Å². The Kier molecular flexibility index (Phi) is 3.88. The summed E-state index contributed by atoms with van der Waals surface area (Å²) in [4.78, 5) is 0.